The Bertz CT molecular complexity index is 745. The van der Waals surface area contributed by atoms with Crippen LogP contribution in [0.1, 0.15) is 29.8 Å². The number of carbonyl (C=O) groups is 1. The van der Waals surface area contributed by atoms with Crippen molar-refractivity contribution in [2.24, 2.45) is 5.92 Å². The molecular formula is C20H23ClN2O2S. The normalized spacial score (nSPS) is 19.0. The minimum atomic E-state index is 0.105. The second-order valence-electron chi connectivity index (χ2n) is 6.94. The van der Waals surface area contributed by atoms with Gasteiger partial charge in [-0.15, -0.1) is 22.9 Å². The number of aromatic nitrogens is 1. The van der Waals surface area contributed by atoms with E-state index < -0.39 is 0 Å². The van der Waals surface area contributed by atoms with Crippen molar-refractivity contribution in [2.75, 3.05) is 25.6 Å². The second-order valence-corrected chi connectivity index (χ2v) is 8.40. The van der Waals surface area contributed by atoms with Crippen molar-refractivity contribution < 1.29 is 9.53 Å². The minimum Gasteiger partial charge on any atom is -0.494 e. The quantitative estimate of drug-likeness (QED) is 0.549. The Morgan fingerprint density at radius 1 is 1.23 bits per heavy atom. The molecule has 0 N–H and O–H groups in total. The van der Waals surface area contributed by atoms with E-state index in [2.05, 4.69) is 12.1 Å². The molecule has 2 aliphatic rings. The van der Waals surface area contributed by atoms with Crippen molar-refractivity contribution in [3.8, 4) is 16.3 Å². The van der Waals surface area contributed by atoms with E-state index in [0.29, 0.717) is 18.4 Å². The van der Waals surface area contributed by atoms with Crippen LogP contribution in [0.5, 0.6) is 5.75 Å². The smallest absolute Gasteiger partial charge is 0.226 e. The summed E-state index contributed by atoms with van der Waals surface area (Å²) in [5.41, 5.74) is 2.22. The number of halogens is 1. The number of ether oxygens (including phenoxy) is 1. The molecule has 2 heterocycles. The van der Waals surface area contributed by atoms with Gasteiger partial charge in [0.1, 0.15) is 10.8 Å². The molecule has 1 fully saturated rings. The third-order valence-electron chi connectivity index (χ3n) is 5.06. The Morgan fingerprint density at radius 3 is 2.69 bits per heavy atom. The van der Waals surface area contributed by atoms with Crippen LogP contribution < -0.4 is 4.74 Å². The molecule has 4 nitrogen and oxygen atoms in total. The topological polar surface area (TPSA) is 42.4 Å². The van der Waals surface area contributed by atoms with Gasteiger partial charge in [0.25, 0.3) is 0 Å². The average molecular weight is 391 g/mol. The first-order valence-electron chi connectivity index (χ1n) is 9.31. The number of likely N-dealkylation sites (tertiary alicyclic amines) is 1. The summed E-state index contributed by atoms with van der Waals surface area (Å²) in [5, 5.41) is 1.04. The number of rotatable bonds is 6. The number of carbonyl (C=O) groups excluding carboxylic acids is 1. The number of nitrogens with zero attached hydrogens (tertiary/aromatic N) is 2. The molecule has 0 radical (unpaired) electrons. The Balaban J connectivity index is 1.39. The maximum atomic E-state index is 12.6. The van der Waals surface area contributed by atoms with Crippen molar-refractivity contribution in [2.45, 2.75) is 32.1 Å². The summed E-state index contributed by atoms with van der Waals surface area (Å²) >= 11 is 7.39. The van der Waals surface area contributed by atoms with Gasteiger partial charge in [-0.3, -0.25) is 4.79 Å². The van der Waals surface area contributed by atoms with Crippen molar-refractivity contribution in [3.05, 3.63) is 34.8 Å². The van der Waals surface area contributed by atoms with E-state index in [4.69, 9.17) is 21.3 Å². The van der Waals surface area contributed by atoms with Crippen LogP contribution in [-0.2, 0) is 17.6 Å². The fourth-order valence-electron chi connectivity index (χ4n) is 3.66. The van der Waals surface area contributed by atoms with Crippen LogP contribution in [0.2, 0.25) is 0 Å². The fourth-order valence-corrected chi connectivity index (χ4v) is 4.95. The Hall–Kier alpha value is -1.59. The highest BCUT2D eigenvalue weighted by Crippen LogP contribution is 2.37. The Labute approximate surface area is 163 Å². The predicted molar refractivity (Wildman–Crippen MR) is 105 cm³/mol. The van der Waals surface area contributed by atoms with Crippen LogP contribution in [0.25, 0.3) is 10.6 Å². The van der Waals surface area contributed by atoms with E-state index in [1.807, 2.05) is 17.0 Å². The molecule has 1 aromatic heterocycles. The number of thiazole rings is 1. The van der Waals surface area contributed by atoms with Gasteiger partial charge < -0.3 is 9.64 Å². The zero-order valence-electron chi connectivity index (χ0n) is 14.7. The number of hydrogen-bond acceptors (Lipinski definition) is 4. The van der Waals surface area contributed by atoms with Gasteiger partial charge in [-0.05, 0) is 49.9 Å². The van der Waals surface area contributed by atoms with E-state index in [0.717, 1.165) is 67.2 Å². The Morgan fingerprint density at radius 2 is 2.00 bits per heavy atom. The second kappa shape index (κ2) is 7.97. The highest BCUT2D eigenvalue weighted by atomic mass is 35.5. The fraction of sp³-hybridized carbons (Fsp3) is 0.500. The summed E-state index contributed by atoms with van der Waals surface area (Å²) in [7, 11) is 0. The number of amides is 1. The molecule has 138 valence electrons. The lowest BCUT2D eigenvalue weighted by molar-refractivity contribution is -0.134. The van der Waals surface area contributed by atoms with E-state index >= 15 is 0 Å². The molecule has 0 bridgehead atoms. The Kier molecular flexibility index (Phi) is 5.46. The SMILES string of the molecule is O=C(C1Cc2nc(-c3ccc(OCCCCl)cc3)sc2C1)N1CCCC1. The van der Waals surface area contributed by atoms with Crippen LogP contribution in [-0.4, -0.2) is 41.4 Å². The van der Waals surface area contributed by atoms with E-state index in [9.17, 15) is 4.79 Å². The number of hydrogen-bond donors (Lipinski definition) is 0. The lowest BCUT2D eigenvalue weighted by Gasteiger charge is -2.19. The predicted octanol–water partition coefficient (Wildman–Crippen LogP) is 4.16. The monoisotopic (exact) mass is 390 g/mol. The van der Waals surface area contributed by atoms with Crippen LogP contribution >= 0.6 is 22.9 Å². The molecule has 26 heavy (non-hydrogen) atoms. The lowest BCUT2D eigenvalue weighted by Crippen LogP contribution is -2.34. The first-order chi connectivity index (χ1) is 12.7. The standard InChI is InChI=1S/C20H23ClN2O2S/c21-8-3-11-25-16-6-4-14(5-7-16)19-22-17-12-15(13-18(17)26-19)20(24)23-9-1-2-10-23/h4-7,15H,1-3,8-13H2. The molecule has 1 aliphatic carbocycles. The van der Waals surface area contributed by atoms with Crippen molar-refractivity contribution in [1.29, 1.82) is 0 Å². The summed E-state index contributed by atoms with van der Waals surface area (Å²) in [6.45, 7) is 2.50. The van der Waals surface area contributed by atoms with Gasteiger partial charge in [-0.25, -0.2) is 4.98 Å². The molecule has 1 amide bonds. The summed E-state index contributed by atoms with van der Waals surface area (Å²) in [5.74, 6) is 1.91. The number of alkyl halides is 1. The van der Waals surface area contributed by atoms with Gasteiger partial charge in [-0.1, -0.05) is 0 Å². The first-order valence-corrected chi connectivity index (χ1v) is 10.7. The number of fused-ring (bicyclic) bond motifs is 1. The zero-order chi connectivity index (χ0) is 17.9. The van der Waals surface area contributed by atoms with Crippen LogP contribution in [0.4, 0.5) is 0 Å². The average Bonchev–Trinajstić information content (AvgIpc) is 3.38. The van der Waals surface area contributed by atoms with Gasteiger partial charge >= 0.3 is 0 Å². The van der Waals surface area contributed by atoms with Crippen molar-refractivity contribution in [3.63, 3.8) is 0 Å². The lowest BCUT2D eigenvalue weighted by atomic mass is 10.1. The molecule has 1 aromatic carbocycles. The molecule has 2 aromatic rings. The number of benzene rings is 1. The maximum absolute atomic E-state index is 12.6. The third kappa shape index (κ3) is 3.74. The first kappa shape index (κ1) is 17.8. The summed E-state index contributed by atoms with van der Waals surface area (Å²) in [6, 6.07) is 8.07. The molecule has 4 rings (SSSR count). The van der Waals surface area contributed by atoms with Gasteiger partial charge in [0, 0.05) is 41.7 Å². The molecular weight excluding hydrogens is 368 g/mol. The van der Waals surface area contributed by atoms with Gasteiger partial charge in [0.15, 0.2) is 0 Å². The van der Waals surface area contributed by atoms with Crippen LogP contribution in [0, 0.1) is 5.92 Å². The molecule has 1 saturated heterocycles. The molecule has 6 heteroatoms. The van der Waals surface area contributed by atoms with Crippen LogP contribution in [0.15, 0.2) is 24.3 Å². The third-order valence-corrected chi connectivity index (χ3v) is 6.50. The largest absolute Gasteiger partial charge is 0.494 e. The van der Waals surface area contributed by atoms with Crippen molar-refractivity contribution >= 4 is 28.8 Å². The van der Waals surface area contributed by atoms with E-state index in [1.54, 1.807) is 11.3 Å². The molecule has 0 spiro atoms. The highest BCUT2D eigenvalue weighted by Gasteiger charge is 2.34. The van der Waals surface area contributed by atoms with E-state index in [1.165, 1.54) is 4.88 Å². The van der Waals surface area contributed by atoms with E-state index in [-0.39, 0.29) is 5.92 Å². The van der Waals surface area contributed by atoms with Gasteiger partial charge in [0.05, 0.1) is 12.3 Å². The minimum absolute atomic E-state index is 0.105. The molecule has 1 aliphatic heterocycles. The summed E-state index contributed by atoms with van der Waals surface area (Å²) in [6.07, 6.45) is 4.78. The maximum Gasteiger partial charge on any atom is 0.226 e. The summed E-state index contributed by atoms with van der Waals surface area (Å²) < 4.78 is 5.64. The van der Waals surface area contributed by atoms with Crippen molar-refractivity contribution in [1.82, 2.24) is 9.88 Å². The highest BCUT2D eigenvalue weighted by molar-refractivity contribution is 7.15. The van der Waals surface area contributed by atoms with Gasteiger partial charge in [0.2, 0.25) is 5.91 Å². The molecule has 0 saturated carbocycles. The molecule has 1 atom stereocenters. The van der Waals surface area contributed by atoms with Crippen LogP contribution in [0.3, 0.4) is 0 Å². The zero-order valence-corrected chi connectivity index (χ0v) is 16.3. The molecule has 1 unspecified atom stereocenters. The van der Waals surface area contributed by atoms with Gasteiger partial charge in [-0.2, -0.15) is 0 Å². The summed E-state index contributed by atoms with van der Waals surface area (Å²) in [4.78, 5) is 20.7.